The van der Waals surface area contributed by atoms with E-state index >= 15 is 0 Å². The van der Waals surface area contributed by atoms with Gasteiger partial charge in [0.2, 0.25) is 0 Å². The number of thioether (sulfide) groups is 1. The van der Waals surface area contributed by atoms with Crippen LogP contribution in [0.25, 0.3) is 10.2 Å². The molecule has 1 aromatic heterocycles. The van der Waals surface area contributed by atoms with Crippen molar-refractivity contribution < 1.29 is 9.53 Å². The van der Waals surface area contributed by atoms with E-state index in [0.717, 1.165) is 10.2 Å². The molecule has 0 radical (unpaired) electrons. The number of ether oxygens (including phenoxy) is 1. The van der Waals surface area contributed by atoms with E-state index in [9.17, 15) is 4.79 Å². The largest absolute Gasteiger partial charge is 0.497 e. The van der Waals surface area contributed by atoms with Crippen molar-refractivity contribution in [2.45, 2.75) is 4.90 Å². The first-order valence-electron chi connectivity index (χ1n) is 6.84. The molecule has 0 aliphatic rings. The summed E-state index contributed by atoms with van der Waals surface area (Å²) in [5, 5.41) is 6.10. The van der Waals surface area contributed by atoms with Crippen LogP contribution in [0.15, 0.2) is 47.4 Å². The van der Waals surface area contributed by atoms with E-state index < -0.39 is 0 Å². The number of carbonyl (C=O) groups is 1. The number of nitrogens with one attached hydrogen (secondary N) is 2. The van der Waals surface area contributed by atoms with Crippen LogP contribution in [0.4, 0.5) is 15.6 Å². The molecule has 0 spiro atoms. The van der Waals surface area contributed by atoms with Gasteiger partial charge in [-0.1, -0.05) is 17.4 Å². The van der Waals surface area contributed by atoms with Crippen molar-refractivity contribution in [3.8, 4) is 5.75 Å². The molecule has 3 aromatic rings. The Morgan fingerprint density at radius 3 is 2.87 bits per heavy atom. The van der Waals surface area contributed by atoms with Crippen molar-refractivity contribution in [3.63, 3.8) is 0 Å². The predicted molar refractivity (Wildman–Crippen MR) is 97.0 cm³/mol. The topological polar surface area (TPSA) is 63.2 Å². The van der Waals surface area contributed by atoms with E-state index in [2.05, 4.69) is 21.7 Å². The van der Waals surface area contributed by atoms with Gasteiger partial charge >= 0.3 is 6.03 Å². The Morgan fingerprint density at radius 2 is 2.09 bits per heavy atom. The molecule has 23 heavy (non-hydrogen) atoms. The molecule has 118 valence electrons. The molecular formula is C16H15N3O2S2. The number of nitrogens with zero attached hydrogens (tertiary/aromatic N) is 1. The van der Waals surface area contributed by atoms with Gasteiger partial charge in [0.05, 0.1) is 17.3 Å². The lowest BCUT2D eigenvalue weighted by molar-refractivity contribution is 0.262. The van der Waals surface area contributed by atoms with Crippen LogP contribution in [0.3, 0.4) is 0 Å². The van der Waals surface area contributed by atoms with Crippen LogP contribution >= 0.6 is 23.1 Å². The zero-order valence-electron chi connectivity index (χ0n) is 12.6. The molecule has 5 nitrogen and oxygen atoms in total. The monoisotopic (exact) mass is 345 g/mol. The molecule has 7 heteroatoms. The molecule has 0 aliphatic heterocycles. The van der Waals surface area contributed by atoms with E-state index in [1.807, 2.05) is 30.5 Å². The fourth-order valence-electron chi connectivity index (χ4n) is 2.05. The molecule has 2 aromatic carbocycles. The Bertz CT molecular complexity index is 848. The van der Waals surface area contributed by atoms with Crippen molar-refractivity contribution in [2.24, 2.45) is 0 Å². The summed E-state index contributed by atoms with van der Waals surface area (Å²) < 4.78 is 6.18. The number of anilines is 2. The number of fused-ring (bicyclic) bond motifs is 1. The fraction of sp³-hybridized carbons (Fsp3) is 0.125. The Morgan fingerprint density at radius 1 is 1.22 bits per heavy atom. The van der Waals surface area contributed by atoms with Gasteiger partial charge < -0.3 is 10.1 Å². The first kappa shape index (κ1) is 15.6. The number of aromatic nitrogens is 1. The number of benzene rings is 2. The van der Waals surface area contributed by atoms with E-state index in [1.165, 1.54) is 16.2 Å². The standard InChI is InChI=1S/C16H15N3O2S2/c1-21-11-5-3-4-10(8-11)17-15(20)19-16-18-13-7-6-12(22-2)9-14(13)23-16/h3-9H,1-2H3,(H2,17,18,19,20). The maximum absolute atomic E-state index is 12.1. The highest BCUT2D eigenvalue weighted by Gasteiger charge is 2.09. The van der Waals surface area contributed by atoms with E-state index in [1.54, 1.807) is 31.0 Å². The molecule has 1 heterocycles. The van der Waals surface area contributed by atoms with Crippen molar-refractivity contribution in [1.82, 2.24) is 4.98 Å². The first-order valence-corrected chi connectivity index (χ1v) is 8.88. The van der Waals surface area contributed by atoms with Gasteiger partial charge in [-0.05, 0) is 36.6 Å². The molecular weight excluding hydrogens is 330 g/mol. The number of hydrogen-bond acceptors (Lipinski definition) is 5. The molecule has 2 N–H and O–H groups in total. The summed E-state index contributed by atoms with van der Waals surface area (Å²) in [4.78, 5) is 17.7. The lowest BCUT2D eigenvalue weighted by Gasteiger charge is -2.06. The van der Waals surface area contributed by atoms with Gasteiger partial charge in [-0.15, -0.1) is 11.8 Å². The van der Waals surface area contributed by atoms with Crippen LogP contribution in [0.2, 0.25) is 0 Å². The minimum absolute atomic E-state index is 0.331. The SMILES string of the molecule is COc1cccc(NC(=O)Nc2nc3ccc(SC)cc3s2)c1. The number of carbonyl (C=O) groups excluding carboxylic acids is 1. The summed E-state index contributed by atoms with van der Waals surface area (Å²) in [5.74, 6) is 0.687. The molecule has 0 atom stereocenters. The Kier molecular flexibility index (Phi) is 4.68. The van der Waals surface area contributed by atoms with Gasteiger partial charge in [0, 0.05) is 16.6 Å². The average molecular weight is 345 g/mol. The van der Waals surface area contributed by atoms with Gasteiger partial charge in [0.25, 0.3) is 0 Å². The van der Waals surface area contributed by atoms with Crippen LogP contribution in [0.5, 0.6) is 5.75 Å². The molecule has 2 amide bonds. The Labute approximate surface area is 142 Å². The second-order valence-corrected chi connectivity index (χ2v) is 6.57. The second kappa shape index (κ2) is 6.89. The Hall–Kier alpha value is -2.25. The summed E-state index contributed by atoms with van der Waals surface area (Å²) in [6.45, 7) is 0. The van der Waals surface area contributed by atoms with Crippen LogP contribution in [0, 0.1) is 0 Å². The minimum atomic E-state index is -0.331. The number of rotatable bonds is 4. The molecule has 0 aliphatic carbocycles. The lowest BCUT2D eigenvalue weighted by Crippen LogP contribution is -2.19. The third-order valence-corrected chi connectivity index (χ3v) is 4.80. The number of methoxy groups -OCH3 is 1. The number of thiazole rings is 1. The summed E-state index contributed by atoms with van der Waals surface area (Å²) in [5.41, 5.74) is 1.54. The van der Waals surface area contributed by atoms with Crippen LogP contribution in [0.1, 0.15) is 0 Å². The van der Waals surface area contributed by atoms with E-state index in [-0.39, 0.29) is 6.03 Å². The maximum Gasteiger partial charge on any atom is 0.325 e. The van der Waals surface area contributed by atoms with Crippen LogP contribution < -0.4 is 15.4 Å². The zero-order chi connectivity index (χ0) is 16.2. The van der Waals surface area contributed by atoms with Crippen molar-refractivity contribution in [1.29, 1.82) is 0 Å². The Balaban J connectivity index is 1.72. The highest BCUT2D eigenvalue weighted by molar-refractivity contribution is 7.98. The minimum Gasteiger partial charge on any atom is -0.497 e. The zero-order valence-corrected chi connectivity index (χ0v) is 14.3. The smallest absolute Gasteiger partial charge is 0.325 e. The van der Waals surface area contributed by atoms with Crippen LogP contribution in [-0.2, 0) is 0 Å². The van der Waals surface area contributed by atoms with E-state index in [4.69, 9.17) is 4.74 Å². The lowest BCUT2D eigenvalue weighted by atomic mass is 10.3. The first-order chi connectivity index (χ1) is 11.2. The normalized spacial score (nSPS) is 10.5. The molecule has 0 bridgehead atoms. The molecule has 0 fully saturated rings. The van der Waals surface area contributed by atoms with Gasteiger partial charge in [-0.2, -0.15) is 0 Å². The molecule has 3 rings (SSSR count). The predicted octanol–water partition coefficient (Wildman–Crippen LogP) is 4.67. The third kappa shape index (κ3) is 3.75. The van der Waals surface area contributed by atoms with Gasteiger partial charge in [0.15, 0.2) is 5.13 Å². The molecule has 0 saturated heterocycles. The summed E-state index contributed by atoms with van der Waals surface area (Å²) in [7, 11) is 1.59. The van der Waals surface area contributed by atoms with E-state index in [0.29, 0.717) is 16.6 Å². The fourth-order valence-corrected chi connectivity index (χ4v) is 3.46. The highest BCUT2D eigenvalue weighted by atomic mass is 32.2. The van der Waals surface area contributed by atoms with Gasteiger partial charge in [0.1, 0.15) is 5.75 Å². The summed E-state index contributed by atoms with van der Waals surface area (Å²) >= 11 is 3.13. The summed E-state index contributed by atoms with van der Waals surface area (Å²) in [6, 6.07) is 12.9. The maximum atomic E-state index is 12.1. The molecule has 0 saturated carbocycles. The summed E-state index contributed by atoms with van der Waals surface area (Å²) in [6.07, 6.45) is 2.03. The number of hydrogen-bond donors (Lipinski definition) is 2. The van der Waals surface area contributed by atoms with Crippen molar-refractivity contribution in [2.75, 3.05) is 24.0 Å². The second-order valence-electron chi connectivity index (χ2n) is 4.66. The van der Waals surface area contributed by atoms with Gasteiger partial charge in [-0.25, -0.2) is 9.78 Å². The van der Waals surface area contributed by atoms with Crippen LogP contribution in [-0.4, -0.2) is 24.4 Å². The molecule has 0 unspecified atom stereocenters. The quantitative estimate of drug-likeness (QED) is 0.675. The number of amides is 2. The van der Waals surface area contributed by atoms with Gasteiger partial charge in [-0.3, -0.25) is 5.32 Å². The van der Waals surface area contributed by atoms with Crippen molar-refractivity contribution >= 4 is 50.2 Å². The number of urea groups is 1. The van der Waals surface area contributed by atoms with Crippen molar-refractivity contribution in [3.05, 3.63) is 42.5 Å². The average Bonchev–Trinajstić information content (AvgIpc) is 2.95. The highest BCUT2D eigenvalue weighted by Crippen LogP contribution is 2.29. The third-order valence-electron chi connectivity index (χ3n) is 3.14.